The lowest BCUT2D eigenvalue weighted by atomic mass is 9.91. The molecule has 0 unspecified atom stereocenters. The Balaban J connectivity index is 1.93. The lowest BCUT2D eigenvalue weighted by Crippen LogP contribution is -1.86. The molecule has 0 amide bonds. The van der Waals surface area contributed by atoms with Crippen molar-refractivity contribution in [3.63, 3.8) is 0 Å². The van der Waals surface area contributed by atoms with E-state index < -0.39 is 0 Å². The standard InChI is InChI=1S/C22H13Br/c23-20-12-17-8-6-15-10-19(14-4-2-1-3-5-14)11-16-7-9-18(13-20)22(17)21(15)16/h1-13H. The first-order valence-corrected chi connectivity index (χ1v) is 8.52. The molecular formula is C22H13Br. The van der Waals surface area contributed by atoms with E-state index in [1.54, 1.807) is 0 Å². The molecule has 0 nitrogen and oxygen atoms in total. The van der Waals surface area contributed by atoms with Gasteiger partial charge in [-0.1, -0.05) is 70.5 Å². The first kappa shape index (κ1) is 13.1. The number of hydrogen-bond acceptors (Lipinski definition) is 0. The van der Waals surface area contributed by atoms with Gasteiger partial charge in [-0.3, -0.25) is 0 Å². The molecule has 108 valence electrons. The van der Waals surface area contributed by atoms with Gasteiger partial charge >= 0.3 is 0 Å². The summed E-state index contributed by atoms with van der Waals surface area (Å²) in [5.74, 6) is 0. The molecule has 0 radical (unpaired) electrons. The van der Waals surface area contributed by atoms with Crippen LogP contribution in [0.1, 0.15) is 0 Å². The summed E-state index contributed by atoms with van der Waals surface area (Å²) in [6, 6.07) is 28.5. The van der Waals surface area contributed by atoms with Gasteiger partial charge in [0.15, 0.2) is 0 Å². The molecule has 0 bridgehead atoms. The van der Waals surface area contributed by atoms with Crippen LogP contribution >= 0.6 is 15.9 Å². The van der Waals surface area contributed by atoms with Crippen LogP contribution in [-0.4, -0.2) is 0 Å². The van der Waals surface area contributed by atoms with Crippen molar-refractivity contribution in [3.05, 3.63) is 83.3 Å². The largest absolute Gasteiger partial charge is 0.0622 e. The Hall–Kier alpha value is -2.38. The summed E-state index contributed by atoms with van der Waals surface area (Å²) < 4.78 is 1.13. The maximum atomic E-state index is 3.62. The molecule has 23 heavy (non-hydrogen) atoms. The second-order valence-electron chi connectivity index (χ2n) is 6.02. The minimum Gasteiger partial charge on any atom is -0.0622 e. The van der Waals surface area contributed by atoms with Crippen LogP contribution in [0.25, 0.3) is 43.4 Å². The van der Waals surface area contributed by atoms with Crippen LogP contribution in [0.15, 0.2) is 83.3 Å². The summed E-state index contributed by atoms with van der Waals surface area (Å²) in [4.78, 5) is 0. The smallest absolute Gasteiger partial charge is 0.0187 e. The molecule has 0 spiro atoms. The van der Waals surface area contributed by atoms with Crippen LogP contribution in [0.4, 0.5) is 0 Å². The summed E-state index contributed by atoms with van der Waals surface area (Å²) in [5, 5.41) is 7.93. The van der Waals surface area contributed by atoms with E-state index in [0.29, 0.717) is 0 Å². The Morgan fingerprint density at radius 1 is 0.478 bits per heavy atom. The average Bonchev–Trinajstić information content (AvgIpc) is 2.59. The Morgan fingerprint density at radius 2 is 0.957 bits per heavy atom. The van der Waals surface area contributed by atoms with Crippen molar-refractivity contribution in [2.75, 3.05) is 0 Å². The molecule has 5 aromatic carbocycles. The predicted molar refractivity (Wildman–Crippen MR) is 103 cm³/mol. The quantitative estimate of drug-likeness (QED) is 0.283. The zero-order valence-corrected chi connectivity index (χ0v) is 14.0. The van der Waals surface area contributed by atoms with E-state index in [0.717, 1.165) is 4.47 Å². The molecule has 0 N–H and O–H groups in total. The van der Waals surface area contributed by atoms with E-state index in [1.807, 2.05) is 0 Å². The second kappa shape index (κ2) is 4.81. The van der Waals surface area contributed by atoms with Crippen LogP contribution < -0.4 is 0 Å². The first-order chi connectivity index (χ1) is 11.3. The van der Waals surface area contributed by atoms with Crippen molar-refractivity contribution >= 4 is 48.2 Å². The van der Waals surface area contributed by atoms with Gasteiger partial charge in [0.25, 0.3) is 0 Å². The van der Waals surface area contributed by atoms with Gasteiger partial charge in [0.1, 0.15) is 0 Å². The van der Waals surface area contributed by atoms with Crippen LogP contribution in [0.3, 0.4) is 0 Å². The van der Waals surface area contributed by atoms with Crippen molar-refractivity contribution in [3.8, 4) is 11.1 Å². The molecule has 0 heterocycles. The molecule has 0 atom stereocenters. The summed E-state index contributed by atoms with van der Waals surface area (Å²) in [6.07, 6.45) is 0. The number of hydrogen-bond donors (Lipinski definition) is 0. The third-order valence-corrected chi connectivity index (χ3v) is 5.06. The zero-order chi connectivity index (χ0) is 15.4. The van der Waals surface area contributed by atoms with Gasteiger partial charge < -0.3 is 0 Å². The van der Waals surface area contributed by atoms with Crippen molar-refractivity contribution < 1.29 is 0 Å². The molecule has 1 heteroatoms. The number of benzene rings is 5. The molecular weight excluding hydrogens is 344 g/mol. The normalized spacial score (nSPS) is 11.7. The fourth-order valence-corrected chi connectivity index (χ4v) is 4.09. The SMILES string of the molecule is Brc1cc2ccc3cc(-c4ccccc4)cc4ccc(c1)c2c34. The maximum absolute atomic E-state index is 3.62. The van der Waals surface area contributed by atoms with Crippen LogP contribution in [0.2, 0.25) is 0 Å². The zero-order valence-electron chi connectivity index (χ0n) is 12.4. The molecule has 0 aliphatic heterocycles. The Kier molecular flexibility index (Phi) is 2.74. The van der Waals surface area contributed by atoms with Crippen molar-refractivity contribution in [1.82, 2.24) is 0 Å². The van der Waals surface area contributed by atoms with Gasteiger partial charge in [-0.2, -0.15) is 0 Å². The number of halogens is 1. The molecule has 0 aromatic heterocycles. The lowest BCUT2D eigenvalue weighted by molar-refractivity contribution is 1.66. The number of rotatable bonds is 1. The molecule has 0 aliphatic rings. The van der Waals surface area contributed by atoms with Gasteiger partial charge in [-0.25, -0.2) is 0 Å². The van der Waals surface area contributed by atoms with Gasteiger partial charge in [0.05, 0.1) is 0 Å². The third-order valence-electron chi connectivity index (χ3n) is 4.61. The van der Waals surface area contributed by atoms with E-state index in [-0.39, 0.29) is 0 Å². The van der Waals surface area contributed by atoms with E-state index >= 15 is 0 Å². The minimum atomic E-state index is 1.13. The van der Waals surface area contributed by atoms with E-state index in [9.17, 15) is 0 Å². The van der Waals surface area contributed by atoms with Crippen molar-refractivity contribution in [1.29, 1.82) is 0 Å². The van der Waals surface area contributed by atoms with Gasteiger partial charge in [-0.15, -0.1) is 0 Å². The highest BCUT2D eigenvalue weighted by molar-refractivity contribution is 9.10. The highest BCUT2D eigenvalue weighted by atomic mass is 79.9. The van der Waals surface area contributed by atoms with Gasteiger partial charge in [0.2, 0.25) is 0 Å². The van der Waals surface area contributed by atoms with E-state index in [1.165, 1.54) is 43.4 Å². The van der Waals surface area contributed by atoms with Gasteiger partial charge in [0, 0.05) is 4.47 Å². The topological polar surface area (TPSA) is 0 Å². The third kappa shape index (κ3) is 1.97. The Bertz CT molecular complexity index is 1090. The summed E-state index contributed by atoms with van der Waals surface area (Å²) >= 11 is 3.62. The second-order valence-corrected chi connectivity index (χ2v) is 6.94. The van der Waals surface area contributed by atoms with Crippen LogP contribution in [-0.2, 0) is 0 Å². The highest BCUT2D eigenvalue weighted by Gasteiger charge is 2.10. The van der Waals surface area contributed by atoms with E-state index in [2.05, 4.69) is 94.8 Å². The Morgan fingerprint density at radius 3 is 1.48 bits per heavy atom. The summed E-state index contributed by atoms with van der Waals surface area (Å²) in [7, 11) is 0. The average molecular weight is 357 g/mol. The summed E-state index contributed by atoms with van der Waals surface area (Å²) in [6.45, 7) is 0. The summed E-state index contributed by atoms with van der Waals surface area (Å²) in [5.41, 5.74) is 2.54. The lowest BCUT2D eigenvalue weighted by Gasteiger charge is -2.13. The van der Waals surface area contributed by atoms with Crippen LogP contribution in [0.5, 0.6) is 0 Å². The van der Waals surface area contributed by atoms with E-state index in [4.69, 9.17) is 0 Å². The monoisotopic (exact) mass is 356 g/mol. The first-order valence-electron chi connectivity index (χ1n) is 7.73. The Labute approximate surface area is 142 Å². The van der Waals surface area contributed by atoms with Gasteiger partial charge in [-0.05, 0) is 67.7 Å². The predicted octanol–water partition coefficient (Wildman–Crippen LogP) is 7.01. The highest BCUT2D eigenvalue weighted by Crippen LogP contribution is 2.38. The fourth-order valence-electron chi connectivity index (χ4n) is 3.60. The minimum absolute atomic E-state index is 1.13. The maximum Gasteiger partial charge on any atom is 0.0187 e. The molecule has 0 saturated heterocycles. The fraction of sp³-hybridized carbons (Fsp3) is 0. The van der Waals surface area contributed by atoms with Crippen molar-refractivity contribution in [2.45, 2.75) is 0 Å². The molecule has 5 aromatic rings. The molecule has 5 rings (SSSR count). The molecule has 0 aliphatic carbocycles. The molecule has 0 fully saturated rings. The van der Waals surface area contributed by atoms with Crippen LogP contribution in [0, 0.1) is 0 Å². The van der Waals surface area contributed by atoms with Crippen molar-refractivity contribution in [2.24, 2.45) is 0 Å². The molecule has 0 saturated carbocycles.